The Morgan fingerprint density at radius 1 is 0.629 bits per heavy atom. The summed E-state index contributed by atoms with van der Waals surface area (Å²) >= 11 is 1.86. The molecule has 6 aromatic rings. The number of thioether (sulfide) groups is 1. The summed E-state index contributed by atoms with van der Waals surface area (Å²) in [6.45, 7) is 4.79. The molecule has 0 saturated heterocycles. The molecular formula is C46H50N6O6S4. The predicted octanol–water partition coefficient (Wildman–Crippen LogP) is 7.43. The molecule has 0 radical (unpaired) electrons. The van der Waals surface area contributed by atoms with E-state index in [9.17, 15) is 25.3 Å². The number of benzene rings is 4. The van der Waals surface area contributed by atoms with Crippen LogP contribution < -0.4 is 9.44 Å². The highest BCUT2D eigenvalue weighted by atomic mass is 32.2. The van der Waals surface area contributed by atoms with Gasteiger partial charge in [0.25, 0.3) is 0 Å². The Labute approximate surface area is 369 Å². The summed E-state index contributed by atoms with van der Waals surface area (Å²) in [4.78, 5) is 0. The van der Waals surface area contributed by atoms with Crippen LogP contribution in [0.2, 0.25) is 0 Å². The van der Waals surface area contributed by atoms with E-state index in [1.807, 2.05) is 133 Å². The van der Waals surface area contributed by atoms with Gasteiger partial charge in [-0.1, -0.05) is 121 Å². The van der Waals surface area contributed by atoms with Crippen LogP contribution in [0.3, 0.4) is 0 Å². The van der Waals surface area contributed by atoms with E-state index in [0.717, 1.165) is 57.0 Å². The Morgan fingerprint density at radius 2 is 1.05 bits per heavy atom. The summed E-state index contributed by atoms with van der Waals surface area (Å²) in [5, 5.41) is 11.6. The van der Waals surface area contributed by atoms with Crippen LogP contribution in [0.1, 0.15) is 82.1 Å². The summed E-state index contributed by atoms with van der Waals surface area (Å²) in [6.07, 6.45) is 4.33. The molecular weight excluding hydrogens is 861 g/mol. The van der Waals surface area contributed by atoms with E-state index in [0.29, 0.717) is 30.8 Å². The number of nitrogens with zero attached hydrogens (tertiary/aromatic N) is 4. The highest BCUT2D eigenvalue weighted by Crippen LogP contribution is 2.30. The maximum Gasteiger partial charge on any atom is 0.234 e. The van der Waals surface area contributed by atoms with E-state index in [2.05, 4.69) is 26.7 Å². The summed E-state index contributed by atoms with van der Waals surface area (Å²) in [7, 11) is -10.6. The maximum absolute atomic E-state index is 12.6. The van der Waals surface area contributed by atoms with Gasteiger partial charge in [0.15, 0.2) is 9.84 Å². The van der Waals surface area contributed by atoms with Crippen molar-refractivity contribution in [1.29, 1.82) is 0 Å². The van der Waals surface area contributed by atoms with Gasteiger partial charge in [0.1, 0.15) is 0 Å². The second-order valence-electron chi connectivity index (χ2n) is 15.2. The number of hydrogen-bond donors (Lipinski definition) is 2. The van der Waals surface area contributed by atoms with Gasteiger partial charge in [-0.25, -0.2) is 34.7 Å². The third-order valence-corrected chi connectivity index (χ3v) is 15.5. The summed E-state index contributed by atoms with van der Waals surface area (Å²) < 4.78 is 84.1. The zero-order valence-electron chi connectivity index (χ0n) is 34.5. The minimum atomic E-state index is -3.76. The van der Waals surface area contributed by atoms with Crippen LogP contribution in [-0.2, 0) is 67.3 Å². The number of rotatable bonds is 14. The zero-order valence-corrected chi connectivity index (χ0v) is 37.8. The number of nitrogens with one attached hydrogen (secondary N) is 2. The molecule has 2 aliphatic rings. The Kier molecular flexibility index (Phi) is 14.5. The van der Waals surface area contributed by atoms with Crippen LogP contribution in [-0.4, -0.2) is 56.3 Å². The fourth-order valence-corrected chi connectivity index (χ4v) is 11.8. The van der Waals surface area contributed by atoms with Gasteiger partial charge < -0.3 is 0 Å². The molecule has 16 heteroatoms. The third kappa shape index (κ3) is 12.1. The summed E-state index contributed by atoms with van der Waals surface area (Å²) in [5.74, 6) is 1.85. The van der Waals surface area contributed by atoms with E-state index in [1.54, 1.807) is 17.7 Å². The lowest BCUT2D eigenvalue weighted by Gasteiger charge is -2.15. The smallest absolute Gasteiger partial charge is 0.234 e. The monoisotopic (exact) mass is 910 g/mol. The normalized spacial score (nSPS) is 16.0. The van der Waals surface area contributed by atoms with Gasteiger partial charge in [0.05, 0.1) is 36.0 Å². The van der Waals surface area contributed by atoms with E-state index in [1.165, 1.54) is 22.7 Å². The number of sulfonamides is 2. The molecule has 62 heavy (non-hydrogen) atoms. The third-order valence-electron chi connectivity index (χ3n) is 10.6. The van der Waals surface area contributed by atoms with Crippen LogP contribution in [0, 0.1) is 0 Å². The Bertz CT molecular complexity index is 2850. The number of hydrogen-bond acceptors (Lipinski definition) is 9. The molecule has 0 amide bonds. The Morgan fingerprint density at radius 3 is 1.52 bits per heavy atom. The van der Waals surface area contributed by atoms with Crippen molar-refractivity contribution >= 4 is 53.8 Å². The lowest BCUT2D eigenvalue weighted by molar-refractivity contribution is 0.574. The molecule has 0 saturated carbocycles. The van der Waals surface area contributed by atoms with E-state index >= 15 is 0 Å². The molecule has 2 aliphatic heterocycles. The van der Waals surface area contributed by atoms with Crippen molar-refractivity contribution in [3.05, 3.63) is 188 Å². The molecule has 0 spiro atoms. The van der Waals surface area contributed by atoms with Crippen molar-refractivity contribution in [2.45, 2.75) is 63.4 Å². The first-order valence-corrected chi connectivity index (χ1v) is 26.3. The predicted molar refractivity (Wildman–Crippen MR) is 248 cm³/mol. The lowest BCUT2D eigenvalue weighted by atomic mass is 10.1. The fourth-order valence-electron chi connectivity index (χ4n) is 7.41. The average Bonchev–Trinajstić information content (AvgIpc) is 3.79. The molecule has 0 fully saturated rings. The molecule has 12 nitrogen and oxygen atoms in total. The van der Waals surface area contributed by atoms with Crippen molar-refractivity contribution in [2.24, 2.45) is 0 Å². The van der Waals surface area contributed by atoms with Gasteiger partial charge >= 0.3 is 0 Å². The van der Waals surface area contributed by atoms with E-state index in [-0.39, 0.29) is 17.5 Å². The first-order chi connectivity index (χ1) is 29.7. The zero-order chi connectivity index (χ0) is 43.7. The second kappa shape index (κ2) is 19.9. The van der Waals surface area contributed by atoms with Crippen molar-refractivity contribution in [3.63, 3.8) is 0 Å². The Hall–Kier alpha value is -5.10. The first kappa shape index (κ1) is 44.9. The lowest BCUT2D eigenvalue weighted by Crippen LogP contribution is -2.24. The van der Waals surface area contributed by atoms with Gasteiger partial charge in [-0.15, -0.1) is 0 Å². The number of fused-ring (bicyclic) bond motifs is 2. The highest BCUT2D eigenvalue weighted by molar-refractivity contribution is 7.98. The van der Waals surface area contributed by atoms with Crippen molar-refractivity contribution in [2.75, 3.05) is 11.5 Å². The van der Waals surface area contributed by atoms with E-state index < -0.39 is 35.9 Å². The van der Waals surface area contributed by atoms with Gasteiger partial charge in [-0.05, 0) is 60.4 Å². The van der Waals surface area contributed by atoms with Crippen molar-refractivity contribution in [3.8, 4) is 0 Å². The molecule has 2 N–H and O–H groups in total. The molecule has 8 rings (SSSR count). The quantitative estimate of drug-likeness (QED) is 0.113. The maximum atomic E-state index is 12.6. The molecule has 324 valence electrons. The topological polar surface area (TPSA) is 162 Å². The summed E-state index contributed by atoms with van der Waals surface area (Å²) in [6, 6.07) is 38.1. The van der Waals surface area contributed by atoms with Gasteiger partial charge in [0.2, 0.25) is 20.0 Å². The van der Waals surface area contributed by atoms with Crippen LogP contribution in [0.15, 0.2) is 132 Å². The van der Waals surface area contributed by atoms with Gasteiger partial charge in [-0.3, -0.25) is 9.36 Å². The molecule has 4 heterocycles. The number of sulfone groups is 1. The minimum absolute atomic E-state index is 0.0675. The van der Waals surface area contributed by atoms with Crippen LogP contribution in [0.5, 0.6) is 0 Å². The van der Waals surface area contributed by atoms with E-state index in [4.69, 9.17) is 5.10 Å². The SMILES string of the molecule is C[C@@H](NS(=O)(=O)/C=C/c1nn(Cc2ccccc2)c2c1CS(=O)(=O)CC2)c1ccccc1.C[C@@H](NS(=O)(=O)/C=C/c1nn(Cc2ccccc2)c2c1CSCC2)c1ccccc1. The van der Waals surface area contributed by atoms with Crippen molar-refractivity contribution in [1.82, 2.24) is 29.0 Å². The molecule has 0 unspecified atom stereocenters. The van der Waals surface area contributed by atoms with Gasteiger partial charge in [0, 0.05) is 57.6 Å². The second-order valence-corrected chi connectivity index (χ2v) is 21.7. The Balaban J connectivity index is 0.000000187. The molecule has 4 aromatic carbocycles. The van der Waals surface area contributed by atoms with Gasteiger partial charge in [-0.2, -0.15) is 22.0 Å². The minimum Gasteiger partial charge on any atom is -0.264 e. The fraction of sp³-hybridized carbons (Fsp3) is 0.261. The average molecular weight is 911 g/mol. The summed E-state index contributed by atoms with van der Waals surface area (Å²) in [5.41, 5.74) is 8.87. The largest absolute Gasteiger partial charge is 0.264 e. The van der Waals surface area contributed by atoms with Crippen LogP contribution in [0.4, 0.5) is 0 Å². The first-order valence-electron chi connectivity index (χ1n) is 20.3. The standard InChI is InChI=1S/C23H25N3O4S2.C23H25N3O2S2/c1-18(20-10-6-3-7-11-20)25-32(29,30)15-12-22-21-17-31(27,28)14-13-23(21)26(24-22)16-19-8-4-2-5-9-19;1-18(20-10-6-3-7-11-20)25-30(27,28)15-13-22-21-17-29-14-12-23(21)26(24-22)16-19-8-4-2-5-9-19/h2-12,15,18,25H,13-14,16-17H2,1H3;2-11,13,15,18,25H,12,14,16-17H2,1H3/b15-12+;15-13+/t2*18-/m11/s1. The molecule has 2 aromatic heterocycles. The highest BCUT2D eigenvalue weighted by Gasteiger charge is 2.28. The molecule has 2 atom stereocenters. The van der Waals surface area contributed by atoms with Crippen LogP contribution >= 0.6 is 11.8 Å². The van der Waals surface area contributed by atoms with Crippen molar-refractivity contribution < 1.29 is 25.3 Å². The van der Waals surface area contributed by atoms with Crippen LogP contribution in [0.25, 0.3) is 12.2 Å². The molecule has 0 bridgehead atoms. The molecule has 0 aliphatic carbocycles. The number of aromatic nitrogens is 4.